The van der Waals surface area contributed by atoms with Gasteiger partial charge in [0.05, 0.1) is 17.8 Å². The fourth-order valence-electron chi connectivity index (χ4n) is 1.73. The first kappa shape index (κ1) is 13.0. The topological polar surface area (TPSA) is 62.2 Å². The van der Waals surface area contributed by atoms with Crippen LogP contribution in [0, 0.1) is 12.7 Å². The van der Waals surface area contributed by atoms with Crippen molar-refractivity contribution in [2.24, 2.45) is 0 Å². The van der Waals surface area contributed by atoms with E-state index in [-0.39, 0.29) is 5.56 Å². The van der Waals surface area contributed by atoms with Crippen LogP contribution in [0.1, 0.15) is 21.7 Å². The van der Waals surface area contributed by atoms with E-state index in [1.54, 1.807) is 0 Å². The Morgan fingerprint density at radius 3 is 2.84 bits per heavy atom. The summed E-state index contributed by atoms with van der Waals surface area (Å²) in [5, 5.41) is 12.0. The van der Waals surface area contributed by atoms with Crippen LogP contribution < -0.4 is 5.32 Å². The molecule has 2 N–H and O–H groups in total. The number of anilines is 1. The molecule has 0 radical (unpaired) electrons. The molecule has 4 nitrogen and oxygen atoms in total. The Labute approximate surface area is 109 Å². The molecule has 1 aromatic carbocycles. The lowest BCUT2D eigenvalue weighted by Gasteiger charge is -2.09. The molecule has 0 saturated carbocycles. The highest BCUT2D eigenvalue weighted by Gasteiger charge is 2.11. The van der Waals surface area contributed by atoms with Gasteiger partial charge in [0, 0.05) is 11.4 Å². The molecule has 5 heteroatoms. The normalized spacial score (nSPS) is 10.2. The third-order valence-electron chi connectivity index (χ3n) is 2.62. The van der Waals surface area contributed by atoms with Crippen molar-refractivity contribution in [3.8, 4) is 0 Å². The lowest BCUT2D eigenvalue weighted by molar-refractivity contribution is 0.0697. The van der Waals surface area contributed by atoms with Gasteiger partial charge in [-0.3, -0.25) is 4.98 Å². The number of carbonyl (C=O) groups is 1. The van der Waals surface area contributed by atoms with E-state index in [0.717, 1.165) is 17.5 Å². The molecule has 0 aliphatic carbocycles. The number of hydrogen-bond acceptors (Lipinski definition) is 3. The Morgan fingerprint density at radius 2 is 2.16 bits per heavy atom. The van der Waals surface area contributed by atoms with Gasteiger partial charge in [-0.25, -0.2) is 9.18 Å². The molecule has 0 spiro atoms. The van der Waals surface area contributed by atoms with E-state index < -0.39 is 11.8 Å². The minimum atomic E-state index is -1.17. The first-order chi connectivity index (χ1) is 9.06. The molecule has 0 aliphatic rings. The zero-order valence-electron chi connectivity index (χ0n) is 10.4. The van der Waals surface area contributed by atoms with Gasteiger partial charge < -0.3 is 10.4 Å². The molecular weight excluding hydrogens is 247 g/mol. The number of benzene rings is 1. The number of rotatable bonds is 4. The van der Waals surface area contributed by atoms with E-state index in [1.165, 1.54) is 12.1 Å². The number of nitrogens with one attached hydrogen (secondary N) is 1. The zero-order chi connectivity index (χ0) is 13.8. The van der Waals surface area contributed by atoms with Crippen LogP contribution >= 0.6 is 0 Å². The quantitative estimate of drug-likeness (QED) is 0.887. The van der Waals surface area contributed by atoms with Crippen LogP contribution in [0.5, 0.6) is 0 Å². The summed E-state index contributed by atoms with van der Waals surface area (Å²) in [5.74, 6) is -1.74. The van der Waals surface area contributed by atoms with Crippen molar-refractivity contribution in [1.29, 1.82) is 0 Å². The van der Waals surface area contributed by atoms with Gasteiger partial charge in [0.1, 0.15) is 5.82 Å². The summed E-state index contributed by atoms with van der Waals surface area (Å²) in [6, 6.07) is 9.22. The van der Waals surface area contributed by atoms with Crippen molar-refractivity contribution in [2.45, 2.75) is 13.5 Å². The van der Waals surface area contributed by atoms with Gasteiger partial charge in [-0.15, -0.1) is 0 Å². The van der Waals surface area contributed by atoms with Gasteiger partial charge >= 0.3 is 5.97 Å². The van der Waals surface area contributed by atoms with Crippen LogP contribution in [0.25, 0.3) is 0 Å². The van der Waals surface area contributed by atoms with Crippen molar-refractivity contribution < 1.29 is 14.3 Å². The van der Waals surface area contributed by atoms with Crippen molar-refractivity contribution in [1.82, 2.24) is 4.98 Å². The number of aromatic nitrogens is 1. The van der Waals surface area contributed by atoms with Crippen LogP contribution in [0.4, 0.5) is 10.1 Å². The first-order valence-corrected chi connectivity index (χ1v) is 5.75. The van der Waals surface area contributed by atoms with Crippen molar-refractivity contribution in [2.75, 3.05) is 5.32 Å². The minimum absolute atomic E-state index is 0.0901. The largest absolute Gasteiger partial charge is 0.478 e. The molecular formula is C14H13FN2O2. The maximum atomic E-state index is 13.0. The van der Waals surface area contributed by atoms with Crippen LogP contribution in [-0.2, 0) is 6.54 Å². The number of hydrogen-bond donors (Lipinski definition) is 2. The third kappa shape index (κ3) is 3.28. The summed E-state index contributed by atoms with van der Waals surface area (Å²) in [7, 11) is 0. The molecule has 19 heavy (non-hydrogen) atoms. The van der Waals surface area contributed by atoms with E-state index in [4.69, 9.17) is 5.11 Å². The second kappa shape index (κ2) is 5.48. The average Bonchev–Trinajstić information content (AvgIpc) is 2.37. The maximum Gasteiger partial charge on any atom is 0.337 e. The van der Waals surface area contributed by atoms with E-state index in [2.05, 4.69) is 10.3 Å². The van der Waals surface area contributed by atoms with E-state index in [0.29, 0.717) is 12.2 Å². The van der Waals surface area contributed by atoms with Gasteiger partial charge in [-0.1, -0.05) is 6.07 Å². The molecule has 0 bridgehead atoms. The van der Waals surface area contributed by atoms with Gasteiger partial charge in [-0.05, 0) is 37.3 Å². The molecule has 0 fully saturated rings. The van der Waals surface area contributed by atoms with Crippen molar-refractivity contribution >= 4 is 11.7 Å². The van der Waals surface area contributed by atoms with Gasteiger partial charge in [0.25, 0.3) is 0 Å². The predicted octanol–water partition coefficient (Wildman–Crippen LogP) is 2.84. The third-order valence-corrected chi connectivity index (χ3v) is 2.62. The van der Waals surface area contributed by atoms with Crippen molar-refractivity contribution in [3.63, 3.8) is 0 Å². The lowest BCUT2D eigenvalue weighted by Crippen LogP contribution is -2.08. The summed E-state index contributed by atoms with van der Waals surface area (Å²) >= 11 is 0. The van der Waals surface area contributed by atoms with Crippen LogP contribution in [0.2, 0.25) is 0 Å². The predicted molar refractivity (Wildman–Crippen MR) is 69.7 cm³/mol. The number of aryl methyl sites for hydroxylation is 1. The highest BCUT2D eigenvalue weighted by atomic mass is 19.1. The number of carboxylic acids is 1. The zero-order valence-corrected chi connectivity index (χ0v) is 10.4. The Bertz CT molecular complexity index is 614. The summed E-state index contributed by atoms with van der Waals surface area (Å²) in [5.41, 5.74) is 1.96. The summed E-state index contributed by atoms with van der Waals surface area (Å²) in [6.07, 6.45) is 0. The molecule has 0 unspecified atom stereocenters. The Morgan fingerprint density at radius 1 is 1.37 bits per heavy atom. The number of halogens is 1. The molecule has 2 aromatic rings. The van der Waals surface area contributed by atoms with E-state index in [9.17, 15) is 9.18 Å². The van der Waals surface area contributed by atoms with Gasteiger partial charge in [0.2, 0.25) is 0 Å². The Balaban J connectivity index is 2.17. The molecule has 0 atom stereocenters. The SMILES string of the molecule is Cc1cccc(CNc2ccc(F)cc2C(=O)O)n1. The highest BCUT2D eigenvalue weighted by molar-refractivity contribution is 5.94. The number of nitrogens with zero attached hydrogens (tertiary/aromatic N) is 1. The van der Waals surface area contributed by atoms with Crippen molar-refractivity contribution in [3.05, 3.63) is 59.2 Å². The van der Waals surface area contributed by atoms with Crippen LogP contribution in [0.15, 0.2) is 36.4 Å². The molecule has 0 amide bonds. The number of aromatic carboxylic acids is 1. The summed E-state index contributed by atoms with van der Waals surface area (Å²) in [4.78, 5) is 15.3. The standard InChI is InChI=1S/C14H13FN2O2/c1-9-3-2-4-11(17-9)8-16-13-6-5-10(15)7-12(13)14(18)19/h2-7,16H,8H2,1H3,(H,18,19). The second-order valence-electron chi connectivity index (χ2n) is 4.12. The smallest absolute Gasteiger partial charge is 0.337 e. The molecule has 0 saturated heterocycles. The molecule has 2 rings (SSSR count). The van der Waals surface area contributed by atoms with Gasteiger partial charge in [0.15, 0.2) is 0 Å². The molecule has 98 valence electrons. The lowest BCUT2D eigenvalue weighted by atomic mass is 10.1. The average molecular weight is 260 g/mol. The summed E-state index contributed by atoms with van der Waals surface area (Å²) < 4.78 is 13.0. The second-order valence-corrected chi connectivity index (χ2v) is 4.12. The van der Waals surface area contributed by atoms with Gasteiger partial charge in [-0.2, -0.15) is 0 Å². The highest BCUT2D eigenvalue weighted by Crippen LogP contribution is 2.17. The fraction of sp³-hybridized carbons (Fsp3) is 0.143. The molecule has 0 aliphatic heterocycles. The minimum Gasteiger partial charge on any atom is -0.478 e. The fourth-order valence-corrected chi connectivity index (χ4v) is 1.73. The van der Waals surface area contributed by atoms with Crippen LogP contribution in [0.3, 0.4) is 0 Å². The monoisotopic (exact) mass is 260 g/mol. The van der Waals surface area contributed by atoms with E-state index in [1.807, 2.05) is 25.1 Å². The molecule has 1 heterocycles. The van der Waals surface area contributed by atoms with Crippen LogP contribution in [-0.4, -0.2) is 16.1 Å². The maximum absolute atomic E-state index is 13.0. The number of carboxylic acid groups (broad SMARTS) is 1. The first-order valence-electron chi connectivity index (χ1n) is 5.75. The Kier molecular flexibility index (Phi) is 3.75. The molecule has 1 aromatic heterocycles. The number of pyridine rings is 1. The van der Waals surface area contributed by atoms with E-state index >= 15 is 0 Å². The Hall–Kier alpha value is -2.43. The summed E-state index contributed by atoms with van der Waals surface area (Å²) in [6.45, 7) is 2.26.